The van der Waals surface area contributed by atoms with Gasteiger partial charge in [-0.15, -0.1) is 0 Å². The van der Waals surface area contributed by atoms with E-state index in [1.54, 1.807) is 0 Å². The Morgan fingerprint density at radius 1 is 1.07 bits per heavy atom. The number of halogens is 2. The first-order valence-corrected chi connectivity index (χ1v) is 4.93. The molecule has 0 saturated heterocycles. The summed E-state index contributed by atoms with van der Waals surface area (Å²) in [5, 5.41) is 3.23. The summed E-state index contributed by atoms with van der Waals surface area (Å²) >= 11 is 11.2. The minimum Gasteiger partial charge on any atom is -0.354 e. The molecule has 1 N–H and O–H groups in total. The zero-order valence-electron chi connectivity index (χ0n) is 8.30. The summed E-state index contributed by atoms with van der Waals surface area (Å²) in [6.07, 6.45) is 0. The quantitative estimate of drug-likeness (QED) is 0.855. The van der Waals surface area contributed by atoms with E-state index in [1.807, 2.05) is 0 Å². The molecular formula is C8H12Cl2N4. The Labute approximate surface area is 93.1 Å². The summed E-state index contributed by atoms with van der Waals surface area (Å²) in [7, 11) is 0. The lowest BCUT2D eigenvalue weighted by molar-refractivity contribution is 0.441. The summed E-state index contributed by atoms with van der Waals surface area (Å²) in [4.78, 5) is 11.4. The molecule has 0 aliphatic heterocycles. The van der Waals surface area contributed by atoms with E-state index in [1.165, 1.54) is 0 Å². The van der Waals surface area contributed by atoms with Crippen LogP contribution in [-0.2, 0) is 0 Å². The molecule has 0 atom stereocenters. The first-order valence-electron chi connectivity index (χ1n) is 4.18. The van der Waals surface area contributed by atoms with Crippen LogP contribution in [-0.4, -0.2) is 21.5 Å². The highest BCUT2D eigenvalue weighted by Gasteiger charge is 2.11. The van der Waals surface area contributed by atoms with Gasteiger partial charge in [-0.1, -0.05) is 20.8 Å². The molecule has 1 rings (SSSR count). The minimum absolute atomic E-state index is 0.0985. The van der Waals surface area contributed by atoms with E-state index in [4.69, 9.17) is 23.2 Å². The van der Waals surface area contributed by atoms with Gasteiger partial charge >= 0.3 is 0 Å². The number of nitrogens with one attached hydrogen (secondary N) is 1. The van der Waals surface area contributed by atoms with Gasteiger partial charge in [-0.05, 0) is 28.6 Å². The summed E-state index contributed by atoms with van der Waals surface area (Å²) in [5.74, 6) is 0.407. The molecule has 1 aromatic heterocycles. The van der Waals surface area contributed by atoms with E-state index in [9.17, 15) is 0 Å². The molecular weight excluding hydrogens is 223 g/mol. The topological polar surface area (TPSA) is 50.7 Å². The van der Waals surface area contributed by atoms with E-state index >= 15 is 0 Å². The average molecular weight is 235 g/mol. The number of rotatable bonds is 2. The molecule has 0 fully saturated rings. The maximum atomic E-state index is 5.61. The maximum absolute atomic E-state index is 5.61. The van der Waals surface area contributed by atoms with E-state index in [-0.39, 0.29) is 16.0 Å². The Kier molecular flexibility index (Phi) is 3.50. The van der Waals surface area contributed by atoms with Gasteiger partial charge in [-0.25, -0.2) is 0 Å². The summed E-state index contributed by atoms with van der Waals surface area (Å²) in [6.45, 7) is 7.04. The van der Waals surface area contributed by atoms with Crippen molar-refractivity contribution >= 4 is 29.2 Å². The highest BCUT2D eigenvalue weighted by Crippen LogP contribution is 2.15. The number of anilines is 1. The highest BCUT2D eigenvalue weighted by atomic mass is 35.5. The van der Waals surface area contributed by atoms with Crippen molar-refractivity contribution in [2.45, 2.75) is 20.8 Å². The molecule has 78 valence electrons. The Morgan fingerprint density at radius 3 is 2.00 bits per heavy atom. The molecule has 0 aromatic carbocycles. The number of aromatic nitrogens is 3. The molecule has 6 heteroatoms. The monoisotopic (exact) mass is 234 g/mol. The van der Waals surface area contributed by atoms with Crippen LogP contribution in [0.3, 0.4) is 0 Å². The molecule has 0 saturated carbocycles. The van der Waals surface area contributed by atoms with Crippen LogP contribution in [0.5, 0.6) is 0 Å². The van der Waals surface area contributed by atoms with Gasteiger partial charge in [0.2, 0.25) is 16.5 Å². The Hall–Kier alpha value is -0.610. The first-order chi connectivity index (χ1) is 6.37. The second-order valence-electron chi connectivity index (χ2n) is 4.11. The summed E-state index contributed by atoms with van der Waals surface area (Å²) in [5.41, 5.74) is 0.144. The zero-order chi connectivity index (χ0) is 10.8. The largest absolute Gasteiger partial charge is 0.354 e. The number of nitrogens with zero attached hydrogens (tertiary/aromatic N) is 3. The Balaban J connectivity index is 2.68. The van der Waals surface area contributed by atoms with Gasteiger partial charge in [0.15, 0.2) is 0 Å². The van der Waals surface area contributed by atoms with Crippen molar-refractivity contribution in [1.29, 1.82) is 0 Å². The number of hydrogen-bond donors (Lipinski definition) is 1. The van der Waals surface area contributed by atoms with Gasteiger partial charge < -0.3 is 5.32 Å². The molecule has 4 nitrogen and oxygen atoms in total. The normalized spacial score (nSPS) is 11.5. The van der Waals surface area contributed by atoms with Crippen LogP contribution >= 0.6 is 23.2 Å². The molecule has 0 aliphatic carbocycles. The fourth-order valence-electron chi connectivity index (χ4n) is 0.749. The Bertz CT molecular complexity index is 301. The zero-order valence-corrected chi connectivity index (χ0v) is 9.82. The second kappa shape index (κ2) is 4.28. The third-order valence-corrected chi connectivity index (χ3v) is 1.70. The van der Waals surface area contributed by atoms with Gasteiger partial charge in [-0.3, -0.25) is 0 Å². The second-order valence-corrected chi connectivity index (χ2v) is 4.79. The third-order valence-electron chi connectivity index (χ3n) is 1.36. The van der Waals surface area contributed by atoms with Gasteiger partial charge in [0.05, 0.1) is 0 Å². The van der Waals surface area contributed by atoms with E-state index < -0.39 is 0 Å². The van der Waals surface area contributed by atoms with E-state index in [0.717, 1.165) is 6.54 Å². The minimum atomic E-state index is 0.0985. The predicted octanol–water partition coefficient (Wildman–Crippen LogP) is 2.64. The Morgan fingerprint density at radius 2 is 1.57 bits per heavy atom. The lowest BCUT2D eigenvalue weighted by atomic mass is 9.97. The number of hydrogen-bond acceptors (Lipinski definition) is 4. The van der Waals surface area contributed by atoms with Crippen LogP contribution in [0.1, 0.15) is 20.8 Å². The van der Waals surface area contributed by atoms with Crippen molar-refractivity contribution in [1.82, 2.24) is 15.0 Å². The van der Waals surface area contributed by atoms with Crippen LogP contribution in [0.4, 0.5) is 5.95 Å². The first kappa shape index (κ1) is 11.5. The fourth-order valence-corrected chi connectivity index (χ4v) is 1.11. The molecule has 0 amide bonds. The van der Waals surface area contributed by atoms with Crippen LogP contribution in [0.15, 0.2) is 0 Å². The van der Waals surface area contributed by atoms with Gasteiger partial charge in [0.1, 0.15) is 0 Å². The summed E-state index contributed by atoms with van der Waals surface area (Å²) < 4.78 is 0. The lowest BCUT2D eigenvalue weighted by Gasteiger charge is -2.18. The fraction of sp³-hybridized carbons (Fsp3) is 0.625. The van der Waals surface area contributed by atoms with Crippen LogP contribution in [0.25, 0.3) is 0 Å². The molecule has 0 spiro atoms. The van der Waals surface area contributed by atoms with Gasteiger partial charge in [0.25, 0.3) is 0 Å². The maximum Gasteiger partial charge on any atom is 0.228 e. The van der Waals surface area contributed by atoms with Crippen molar-refractivity contribution in [3.63, 3.8) is 0 Å². The molecule has 0 bridgehead atoms. The summed E-state index contributed by atoms with van der Waals surface area (Å²) in [6, 6.07) is 0. The average Bonchev–Trinajstić information content (AvgIpc) is 1.97. The van der Waals surface area contributed by atoms with E-state index in [0.29, 0.717) is 5.95 Å². The molecule has 0 radical (unpaired) electrons. The SMILES string of the molecule is CC(C)(C)CNc1nc(Cl)nc(Cl)n1. The van der Waals surface area contributed by atoms with Crippen molar-refractivity contribution in [2.24, 2.45) is 5.41 Å². The van der Waals surface area contributed by atoms with Gasteiger partial charge in [-0.2, -0.15) is 15.0 Å². The smallest absolute Gasteiger partial charge is 0.228 e. The van der Waals surface area contributed by atoms with Crippen molar-refractivity contribution in [3.05, 3.63) is 10.6 Å². The van der Waals surface area contributed by atoms with E-state index in [2.05, 4.69) is 41.0 Å². The molecule has 14 heavy (non-hydrogen) atoms. The molecule has 0 aliphatic rings. The van der Waals surface area contributed by atoms with Crippen LogP contribution in [0.2, 0.25) is 10.6 Å². The molecule has 1 aromatic rings. The lowest BCUT2D eigenvalue weighted by Crippen LogP contribution is -2.20. The third kappa shape index (κ3) is 4.07. The van der Waals surface area contributed by atoms with Crippen molar-refractivity contribution < 1.29 is 0 Å². The van der Waals surface area contributed by atoms with Crippen molar-refractivity contribution in [3.8, 4) is 0 Å². The highest BCUT2D eigenvalue weighted by molar-refractivity contribution is 6.31. The standard InChI is InChI=1S/C8H12Cl2N4/c1-8(2,3)4-11-7-13-5(9)12-6(10)14-7/h4H2,1-3H3,(H,11,12,13,14). The predicted molar refractivity (Wildman–Crippen MR) is 57.8 cm³/mol. The van der Waals surface area contributed by atoms with Crippen LogP contribution < -0.4 is 5.32 Å². The van der Waals surface area contributed by atoms with Gasteiger partial charge in [0, 0.05) is 6.54 Å². The molecule has 0 unspecified atom stereocenters. The molecule has 1 heterocycles. The van der Waals surface area contributed by atoms with Crippen LogP contribution in [0, 0.1) is 5.41 Å². The van der Waals surface area contributed by atoms with Crippen molar-refractivity contribution in [2.75, 3.05) is 11.9 Å².